The summed E-state index contributed by atoms with van der Waals surface area (Å²) in [6, 6.07) is 0.942. The highest BCUT2D eigenvalue weighted by Gasteiger charge is 2.34. The smallest absolute Gasteiger partial charge is 0.369 e. The summed E-state index contributed by atoms with van der Waals surface area (Å²) in [5, 5.41) is 0. The number of aryl methyl sites for hydroxylation is 1. The van der Waals surface area contributed by atoms with Crippen LogP contribution in [0.25, 0.3) is 0 Å². The van der Waals surface area contributed by atoms with Crippen LogP contribution in [0.2, 0.25) is 0 Å². The number of carbonyl (C=O) groups is 1. The number of alkyl halides is 3. The zero-order chi connectivity index (χ0) is 14.9. The average molecular weight is 288 g/mol. The number of nitrogens with zero attached hydrogens (tertiary/aromatic N) is 3. The second kappa shape index (κ2) is 5.26. The third kappa shape index (κ3) is 3.17. The summed E-state index contributed by atoms with van der Waals surface area (Å²) in [7, 11) is 0. The molecule has 0 radical (unpaired) electrons. The Bertz CT molecular complexity index is 510. The minimum atomic E-state index is -4.49. The number of halogens is 3. The maximum atomic E-state index is 12.7. The number of carbonyl (C=O) groups excluding carboxylic acids is 1. The van der Waals surface area contributed by atoms with Gasteiger partial charge in [-0.15, -0.1) is 0 Å². The quantitative estimate of drug-likeness (QED) is 0.895. The van der Waals surface area contributed by atoms with Gasteiger partial charge in [-0.1, -0.05) is 0 Å². The topological polar surface area (TPSA) is 72.1 Å². The van der Waals surface area contributed by atoms with Crippen molar-refractivity contribution in [2.45, 2.75) is 25.9 Å². The first-order valence-corrected chi connectivity index (χ1v) is 6.24. The summed E-state index contributed by atoms with van der Waals surface area (Å²) < 4.78 is 38.1. The van der Waals surface area contributed by atoms with Crippen molar-refractivity contribution in [1.29, 1.82) is 0 Å². The van der Waals surface area contributed by atoms with Crippen molar-refractivity contribution in [1.82, 2.24) is 9.97 Å². The van der Waals surface area contributed by atoms with E-state index in [1.54, 1.807) is 4.90 Å². The van der Waals surface area contributed by atoms with Crippen LogP contribution in [0.5, 0.6) is 0 Å². The molecule has 2 N–H and O–H groups in total. The SMILES string of the molecule is Cc1nc(N2CCC(C(N)=O)CC2)cc(C(F)(F)F)n1. The van der Waals surface area contributed by atoms with Gasteiger partial charge in [0.1, 0.15) is 17.3 Å². The van der Waals surface area contributed by atoms with Crippen LogP contribution >= 0.6 is 0 Å². The Balaban J connectivity index is 2.18. The van der Waals surface area contributed by atoms with Crippen LogP contribution in [0.4, 0.5) is 19.0 Å². The number of aromatic nitrogens is 2. The van der Waals surface area contributed by atoms with E-state index < -0.39 is 11.9 Å². The van der Waals surface area contributed by atoms with E-state index in [9.17, 15) is 18.0 Å². The van der Waals surface area contributed by atoms with E-state index in [1.807, 2.05) is 0 Å². The third-order valence-electron chi connectivity index (χ3n) is 3.34. The molecule has 1 aliphatic rings. The maximum Gasteiger partial charge on any atom is 0.433 e. The second-order valence-corrected chi connectivity index (χ2v) is 4.82. The number of hydrogen-bond donors (Lipinski definition) is 1. The van der Waals surface area contributed by atoms with Gasteiger partial charge in [0.15, 0.2) is 0 Å². The summed E-state index contributed by atoms with van der Waals surface area (Å²) >= 11 is 0. The molecule has 1 fully saturated rings. The highest BCUT2D eigenvalue weighted by Crippen LogP contribution is 2.30. The third-order valence-corrected chi connectivity index (χ3v) is 3.34. The van der Waals surface area contributed by atoms with Gasteiger partial charge >= 0.3 is 6.18 Å². The van der Waals surface area contributed by atoms with Gasteiger partial charge in [0.05, 0.1) is 0 Å². The molecule has 1 aromatic rings. The van der Waals surface area contributed by atoms with Crippen molar-refractivity contribution in [3.63, 3.8) is 0 Å². The molecule has 1 aliphatic heterocycles. The number of nitrogens with two attached hydrogens (primary N) is 1. The number of rotatable bonds is 2. The van der Waals surface area contributed by atoms with Crippen molar-refractivity contribution in [3.05, 3.63) is 17.6 Å². The fraction of sp³-hybridized carbons (Fsp3) is 0.583. The summed E-state index contributed by atoms with van der Waals surface area (Å²) in [5.41, 5.74) is 4.28. The number of piperidine rings is 1. The van der Waals surface area contributed by atoms with E-state index in [4.69, 9.17) is 5.73 Å². The lowest BCUT2D eigenvalue weighted by atomic mass is 9.96. The molecule has 20 heavy (non-hydrogen) atoms. The van der Waals surface area contributed by atoms with Crippen LogP contribution in [0, 0.1) is 12.8 Å². The minimum absolute atomic E-state index is 0.0758. The van der Waals surface area contributed by atoms with E-state index in [-0.39, 0.29) is 23.5 Å². The van der Waals surface area contributed by atoms with Gasteiger partial charge < -0.3 is 10.6 Å². The Morgan fingerprint density at radius 3 is 2.45 bits per heavy atom. The Labute approximate surface area is 114 Å². The standard InChI is InChI=1S/C12H15F3N4O/c1-7-17-9(12(13,14)15)6-10(18-7)19-4-2-8(3-5-19)11(16)20/h6,8H,2-5H2,1H3,(H2,16,20). The molecule has 0 bridgehead atoms. The predicted molar refractivity (Wildman–Crippen MR) is 65.9 cm³/mol. The Kier molecular flexibility index (Phi) is 3.82. The second-order valence-electron chi connectivity index (χ2n) is 4.82. The van der Waals surface area contributed by atoms with Crippen LogP contribution < -0.4 is 10.6 Å². The lowest BCUT2D eigenvalue weighted by Crippen LogP contribution is -2.39. The van der Waals surface area contributed by atoms with E-state index >= 15 is 0 Å². The summed E-state index contributed by atoms with van der Waals surface area (Å²) in [4.78, 5) is 20.2. The molecule has 0 unspecified atom stereocenters. The molecule has 1 amide bonds. The lowest BCUT2D eigenvalue weighted by Gasteiger charge is -2.31. The predicted octanol–water partition coefficient (Wildman–Crippen LogP) is 1.51. The van der Waals surface area contributed by atoms with Gasteiger partial charge in [-0.2, -0.15) is 13.2 Å². The highest BCUT2D eigenvalue weighted by atomic mass is 19.4. The van der Waals surface area contributed by atoms with Gasteiger partial charge in [-0.05, 0) is 19.8 Å². The van der Waals surface area contributed by atoms with Gasteiger partial charge in [-0.3, -0.25) is 4.79 Å². The number of anilines is 1. The first kappa shape index (κ1) is 14.5. The van der Waals surface area contributed by atoms with Gasteiger partial charge in [0.25, 0.3) is 0 Å². The van der Waals surface area contributed by atoms with Crippen LogP contribution in [0.1, 0.15) is 24.4 Å². The van der Waals surface area contributed by atoms with Crippen LogP contribution in [-0.4, -0.2) is 29.0 Å². The normalized spacial score (nSPS) is 17.3. The molecule has 1 saturated heterocycles. The first-order chi connectivity index (χ1) is 9.27. The average Bonchev–Trinajstić information content (AvgIpc) is 2.37. The first-order valence-electron chi connectivity index (χ1n) is 6.24. The van der Waals surface area contributed by atoms with Gasteiger partial charge in [0, 0.05) is 25.1 Å². The van der Waals surface area contributed by atoms with Crippen molar-refractivity contribution >= 4 is 11.7 Å². The summed E-state index contributed by atoms with van der Waals surface area (Å²) in [6.45, 7) is 2.34. The van der Waals surface area contributed by atoms with Crippen molar-refractivity contribution in [2.75, 3.05) is 18.0 Å². The van der Waals surface area contributed by atoms with Crippen molar-refractivity contribution in [2.24, 2.45) is 11.7 Å². The van der Waals surface area contributed by atoms with Crippen LogP contribution in [-0.2, 0) is 11.0 Å². The molecule has 2 rings (SSSR count). The molecule has 0 aromatic carbocycles. The molecular weight excluding hydrogens is 273 g/mol. The largest absolute Gasteiger partial charge is 0.433 e. The van der Waals surface area contributed by atoms with Crippen molar-refractivity contribution in [3.8, 4) is 0 Å². The van der Waals surface area contributed by atoms with Crippen LogP contribution in [0.15, 0.2) is 6.07 Å². The zero-order valence-corrected chi connectivity index (χ0v) is 10.9. The van der Waals surface area contributed by atoms with E-state index in [1.165, 1.54) is 6.92 Å². The molecule has 0 saturated carbocycles. The minimum Gasteiger partial charge on any atom is -0.369 e. The molecule has 0 aliphatic carbocycles. The molecule has 5 nitrogen and oxygen atoms in total. The molecule has 1 aromatic heterocycles. The Morgan fingerprint density at radius 2 is 1.95 bits per heavy atom. The molecule has 0 atom stereocenters. The van der Waals surface area contributed by atoms with E-state index in [0.717, 1.165) is 6.07 Å². The van der Waals surface area contributed by atoms with E-state index in [2.05, 4.69) is 9.97 Å². The van der Waals surface area contributed by atoms with Gasteiger partial charge in [-0.25, -0.2) is 9.97 Å². The van der Waals surface area contributed by atoms with Crippen LogP contribution in [0.3, 0.4) is 0 Å². The molecule has 8 heteroatoms. The lowest BCUT2D eigenvalue weighted by molar-refractivity contribution is -0.141. The maximum absolute atomic E-state index is 12.7. The fourth-order valence-electron chi connectivity index (χ4n) is 2.25. The number of amides is 1. The fourth-order valence-corrected chi connectivity index (χ4v) is 2.25. The number of hydrogen-bond acceptors (Lipinski definition) is 4. The van der Waals surface area contributed by atoms with E-state index in [0.29, 0.717) is 25.9 Å². The zero-order valence-electron chi connectivity index (χ0n) is 10.9. The Morgan fingerprint density at radius 1 is 1.35 bits per heavy atom. The monoisotopic (exact) mass is 288 g/mol. The molecular formula is C12H15F3N4O. The molecule has 2 heterocycles. The van der Waals surface area contributed by atoms with Gasteiger partial charge in [0.2, 0.25) is 5.91 Å². The van der Waals surface area contributed by atoms with Crippen molar-refractivity contribution < 1.29 is 18.0 Å². The molecule has 110 valence electrons. The summed E-state index contributed by atoms with van der Waals surface area (Å²) in [6.07, 6.45) is -3.44. The Hall–Kier alpha value is -1.86. The summed E-state index contributed by atoms with van der Waals surface area (Å²) in [5.74, 6) is -0.254. The highest BCUT2D eigenvalue weighted by molar-refractivity contribution is 5.76. The molecule has 0 spiro atoms. The number of primary amides is 1.